The quantitative estimate of drug-likeness (QED) is 0.473. The Morgan fingerprint density at radius 1 is 1.05 bits per heavy atom. The van der Waals surface area contributed by atoms with Gasteiger partial charge in [0.15, 0.2) is 6.10 Å². The molecule has 2 aromatic rings. The SMILES string of the molecule is CCC[C@]1(C)/C=C/c2ccc3ccc(nc3c2)[C@@H](C)NC(=O)[C@@H]2CCCN(N2)C(=O)[C@H](C)NC(=O)C(C(C)C)OC1=O. The summed E-state index contributed by atoms with van der Waals surface area (Å²) in [5.41, 5.74) is 4.40. The van der Waals surface area contributed by atoms with Crippen molar-refractivity contribution in [2.75, 3.05) is 6.54 Å². The predicted octanol–water partition coefficient (Wildman–Crippen LogP) is 3.81. The molecule has 0 radical (unpaired) electrons. The van der Waals surface area contributed by atoms with E-state index >= 15 is 0 Å². The monoisotopic (exact) mass is 577 g/mol. The molecular formula is C32H43N5O5. The molecule has 10 heteroatoms. The molecule has 2 aliphatic heterocycles. The van der Waals surface area contributed by atoms with E-state index in [1.807, 2.05) is 63.3 Å². The normalized spacial score (nSPS) is 28.8. The molecule has 5 bridgehead atoms. The third kappa shape index (κ3) is 6.98. The zero-order valence-corrected chi connectivity index (χ0v) is 25.4. The number of pyridine rings is 1. The highest BCUT2D eigenvalue weighted by Crippen LogP contribution is 2.30. The van der Waals surface area contributed by atoms with Gasteiger partial charge in [0.25, 0.3) is 11.8 Å². The lowest BCUT2D eigenvalue weighted by Crippen LogP contribution is -2.61. The van der Waals surface area contributed by atoms with E-state index in [2.05, 4.69) is 16.1 Å². The van der Waals surface area contributed by atoms with Gasteiger partial charge in [0, 0.05) is 11.9 Å². The summed E-state index contributed by atoms with van der Waals surface area (Å²) < 4.78 is 5.85. The third-order valence-corrected chi connectivity index (χ3v) is 8.02. The first kappa shape index (κ1) is 31.2. The van der Waals surface area contributed by atoms with E-state index in [1.165, 1.54) is 5.01 Å². The number of cyclic esters (lactones) is 1. The highest BCUT2D eigenvalue weighted by molar-refractivity contribution is 5.91. The Labute approximate surface area is 247 Å². The van der Waals surface area contributed by atoms with E-state index in [0.717, 1.165) is 22.9 Å². The molecule has 4 rings (SSSR count). The first-order valence-electron chi connectivity index (χ1n) is 14.9. The van der Waals surface area contributed by atoms with Crippen molar-refractivity contribution in [2.45, 2.75) is 91.5 Å². The molecule has 1 fully saturated rings. The molecule has 0 aliphatic carbocycles. The summed E-state index contributed by atoms with van der Waals surface area (Å²) in [5.74, 6) is -1.97. The van der Waals surface area contributed by atoms with E-state index < -0.39 is 35.5 Å². The van der Waals surface area contributed by atoms with Crippen molar-refractivity contribution >= 4 is 40.7 Å². The average Bonchev–Trinajstić information content (AvgIpc) is 2.97. The van der Waals surface area contributed by atoms with Gasteiger partial charge in [-0.1, -0.05) is 57.5 Å². The summed E-state index contributed by atoms with van der Waals surface area (Å²) in [6.07, 6.45) is 5.07. The van der Waals surface area contributed by atoms with Gasteiger partial charge >= 0.3 is 5.97 Å². The summed E-state index contributed by atoms with van der Waals surface area (Å²) >= 11 is 0. The molecule has 3 heterocycles. The number of rotatable bonds is 3. The lowest BCUT2D eigenvalue weighted by Gasteiger charge is -2.35. The maximum absolute atomic E-state index is 13.6. The maximum Gasteiger partial charge on any atom is 0.316 e. The molecule has 1 saturated heterocycles. The van der Waals surface area contributed by atoms with Crippen LogP contribution in [0.2, 0.25) is 0 Å². The van der Waals surface area contributed by atoms with Crippen molar-refractivity contribution in [3.8, 4) is 0 Å². The van der Waals surface area contributed by atoms with Gasteiger partial charge in [0.2, 0.25) is 5.91 Å². The predicted molar refractivity (Wildman–Crippen MR) is 161 cm³/mol. The van der Waals surface area contributed by atoms with Gasteiger partial charge in [-0.05, 0) is 63.6 Å². The van der Waals surface area contributed by atoms with E-state index in [1.54, 1.807) is 20.8 Å². The molecule has 226 valence electrons. The number of fused-ring (bicyclic) bond motifs is 4. The second kappa shape index (κ2) is 13.0. The molecule has 42 heavy (non-hydrogen) atoms. The Balaban J connectivity index is 1.74. The minimum absolute atomic E-state index is 0.233. The molecule has 0 saturated carbocycles. The molecule has 1 unspecified atom stereocenters. The number of hydrogen-bond acceptors (Lipinski definition) is 7. The average molecular weight is 578 g/mol. The van der Waals surface area contributed by atoms with Crippen molar-refractivity contribution in [1.29, 1.82) is 0 Å². The third-order valence-electron chi connectivity index (χ3n) is 8.02. The Morgan fingerprint density at radius 2 is 1.76 bits per heavy atom. The summed E-state index contributed by atoms with van der Waals surface area (Å²) in [6, 6.07) is 7.87. The van der Waals surface area contributed by atoms with Crippen molar-refractivity contribution in [1.82, 2.24) is 26.1 Å². The number of hydrogen-bond donors (Lipinski definition) is 3. The Bertz CT molecular complexity index is 1370. The van der Waals surface area contributed by atoms with Gasteiger partial charge in [-0.25, -0.2) is 5.43 Å². The molecule has 1 aromatic carbocycles. The molecule has 0 spiro atoms. The number of nitrogens with zero attached hydrogens (tertiary/aromatic N) is 2. The van der Waals surface area contributed by atoms with Gasteiger partial charge in [-0.3, -0.25) is 29.2 Å². The first-order chi connectivity index (χ1) is 19.9. The van der Waals surface area contributed by atoms with Crippen molar-refractivity contribution in [3.05, 3.63) is 47.7 Å². The van der Waals surface area contributed by atoms with Crippen molar-refractivity contribution in [3.63, 3.8) is 0 Å². The van der Waals surface area contributed by atoms with Crippen LogP contribution in [0.25, 0.3) is 17.0 Å². The second-order valence-corrected chi connectivity index (χ2v) is 12.0. The van der Waals surface area contributed by atoms with Crippen LogP contribution in [0.15, 0.2) is 36.4 Å². The van der Waals surface area contributed by atoms with Crippen LogP contribution in [0.1, 0.15) is 84.5 Å². The van der Waals surface area contributed by atoms with E-state index in [-0.39, 0.29) is 23.8 Å². The standard InChI is InChI=1S/C32H43N5O5/c1-7-15-32(6)16-14-22-10-11-23-12-13-24(35-26(23)18-22)20(4)33-28(38)25-9-8-17-37(36-25)30(40)21(5)34-29(39)27(19(2)3)42-31(32)41/h10-14,16,18-21,25,27,36H,7-9,15,17H2,1-6H3,(H,33,38)(H,34,39)/b16-14+/t20-,21+,25+,27?,32-/m1/s1. The molecule has 10 nitrogen and oxygen atoms in total. The van der Waals surface area contributed by atoms with Crippen molar-refractivity contribution < 1.29 is 23.9 Å². The van der Waals surface area contributed by atoms with Crippen LogP contribution in [0.4, 0.5) is 0 Å². The second-order valence-electron chi connectivity index (χ2n) is 12.0. The Morgan fingerprint density at radius 3 is 2.48 bits per heavy atom. The van der Waals surface area contributed by atoms with Gasteiger partial charge in [0.1, 0.15) is 12.1 Å². The van der Waals surface area contributed by atoms with Crippen LogP contribution < -0.4 is 16.1 Å². The minimum Gasteiger partial charge on any atom is -0.451 e. The number of benzene rings is 1. The number of nitrogens with one attached hydrogen (secondary N) is 3. The molecule has 2 aliphatic rings. The first-order valence-corrected chi connectivity index (χ1v) is 14.9. The van der Waals surface area contributed by atoms with Crippen LogP contribution in [-0.2, 0) is 23.9 Å². The summed E-state index contributed by atoms with van der Waals surface area (Å²) in [5, 5.41) is 8.09. The highest BCUT2D eigenvalue weighted by Gasteiger charge is 2.38. The van der Waals surface area contributed by atoms with E-state index in [4.69, 9.17) is 9.72 Å². The number of esters is 1. The van der Waals surface area contributed by atoms with Crippen LogP contribution in [0.5, 0.6) is 0 Å². The maximum atomic E-state index is 13.6. The Hall–Kier alpha value is -3.79. The summed E-state index contributed by atoms with van der Waals surface area (Å²) in [6.45, 7) is 11.3. The zero-order valence-electron chi connectivity index (χ0n) is 25.4. The smallest absolute Gasteiger partial charge is 0.316 e. The number of amides is 3. The largest absolute Gasteiger partial charge is 0.451 e. The fourth-order valence-electron chi connectivity index (χ4n) is 5.40. The lowest BCUT2D eigenvalue weighted by atomic mass is 9.84. The van der Waals surface area contributed by atoms with Crippen LogP contribution in [0, 0.1) is 11.3 Å². The van der Waals surface area contributed by atoms with Gasteiger partial charge < -0.3 is 15.4 Å². The van der Waals surface area contributed by atoms with Crippen LogP contribution in [0.3, 0.4) is 0 Å². The van der Waals surface area contributed by atoms with Gasteiger partial charge in [-0.15, -0.1) is 0 Å². The number of hydrazine groups is 1. The van der Waals surface area contributed by atoms with E-state index in [9.17, 15) is 19.2 Å². The van der Waals surface area contributed by atoms with E-state index in [0.29, 0.717) is 31.5 Å². The molecule has 3 N–H and O–H groups in total. The summed E-state index contributed by atoms with van der Waals surface area (Å²) in [4.78, 5) is 58.2. The lowest BCUT2D eigenvalue weighted by molar-refractivity contribution is -0.166. The Kier molecular flexibility index (Phi) is 9.66. The number of ether oxygens (including phenoxy) is 1. The van der Waals surface area contributed by atoms with Crippen molar-refractivity contribution in [2.24, 2.45) is 11.3 Å². The number of aromatic nitrogens is 1. The number of carbonyl (C=O) groups excluding carboxylic acids is 4. The zero-order chi connectivity index (χ0) is 30.6. The molecule has 1 aromatic heterocycles. The van der Waals surface area contributed by atoms with Crippen LogP contribution >= 0.6 is 0 Å². The summed E-state index contributed by atoms with van der Waals surface area (Å²) in [7, 11) is 0. The fourth-order valence-corrected chi connectivity index (χ4v) is 5.40. The minimum atomic E-state index is -1.08. The van der Waals surface area contributed by atoms with Gasteiger partial charge in [-0.2, -0.15) is 0 Å². The highest BCUT2D eigenvalue weighted by atomic mass is 16.5. The van der Waals surface area contributed by atoms with Crippen LogP contribution in [-0.4, -0.2) is 58.4 Å². The van der Waals surface area contributed by atoms with Gasteiger partial charge in [0.05, 0.1) is 22.7 Å². The topological polar surface area (TPSA) is 130 Å². The molecule has 3 amide bonds. The molecular weight excluding hydrogens is 534 g/mol. The number of carbonyl (C=O) groups is 4. The molecule has 5 atom stereocenters. The fraction of sp³-hybridized carbons (Fsp3) is 0.531.